The molecule has 1 unspecified atom stereocenters. The zero-order chi connectivity index (χ0) is 15.2. The Balaban J connectivity index is 2.35. The summed E-state index contributed by atoms with van der Waals surface area (Å²) >= 11 is 0. The zero-order valence-corrected chi connectivity index (χ0v) is 12.2. The summed E-state index contributed by atoms with van der Waals surface area (Å²) in [4.78, 5) is 11.6. The maximum absolute atomic E-state index is 11.6. The lowest BCUT2D eigenvalue weighted by Crippen LogP contribution is -2.46. The van der Waals surface area contributed by atoms with E-state index in [1.54, 1.807) is 20.8 Å². The summed E-state index contributed by atoms with van der Waals surface area (Å²) in [6, 6.07) is 8.78. The van der Waals surface area contributed by atoms with Crippen molar-refractivity contribution < 1.29 is 19.4 Å². The summed E-state index contributed by atoms with van der Waals surface area (Å²) in [5.74, 6) is -0.728. The second-order valence-electron chi connectivity index (χ2n) is 5.64. The van der Waals surface area contributed by atoms with Gasteiger partial charge in [-0.2, -0.15) is 0 Å². The van der Waals surface area contributed by atoms with Crippen LogP contribution >= 0.6 is 0 Å². The minimum absolute atomic E-state index is 0.0787. The Morgan fingerprint density at radius 1 is 1.30 bits per heavy atom. The van der Waals surface area contributed by atoms with Gasteiger partial charge in [0.15, 0.2) is 6.10 Å². The molecule has 1 aromatic carbocycles. The van der Waals surface area contributed by atoms with Crippen LogP contribution in [0.15, 0.2) is 30.3 Å². The van der Waals surface area contributed by atoms with Crippen molar-refractivity contribution in [1.82, 2.24) is 0 Å². The molecule has 3 N–H and O–H groups in total. The van der Waals surface area contributed by atoms with Crippen molar-refractivity contribution >= 4 is 5.97 Å². The van der Waals surface area contributed by atoms with Gasteiger partial charge in [0.25, 0.3) is 0 Å². The predicted octanol–water partition coefficient (Wildman–Crippen LogP) is 1.23. The first kappa shape index (κ1) is 16.6. The Morgan fingerprint density at radius 2 is 1.90 bits per heavy atom. The van der Waals surface area contributed by atoms with Crippen molar-refractivity contribution in [3.8, 4) is 0 Å². The molecule has 112 valence electrons. The molecule has 0 radical (unpaired) electrons. The summed E-state index contributed by atoms with van der Waals surface area (Å²) < 4.78 is 10.5. The lowest BCUT2D eigenvalue weighted by Gasteiger charge is -2.24. The molecule has 5 nitrogen and oxygen atoms in total. The van der Waals surface area contributed by atoms with Gasteiger partial charge < -0.3 is 20.3 Å². The van der Waals surface area contributed by atoms with Crippen LogP contribution in [-0.2, 0) is 20.9 Å². The molecular formula is C15H23NO4. The maximum Gasteiger partial charge on any atom is 0.337 e. The number of aliphatic hydroxyl groups is 1. The number of hydrogen-bond acceptors (Lipinski definition) is 5. The lowest BCUT2D eigenvalue weighted by molar-refractivity contribution is -0.167. The van der Waals surface area contributed by atoms with E-state index in [2.05, 4.69) is 0 Å². The first-order valence-electron chi connectivity index (χ1n) is 6.58. The van der Waals surface area contributed by atoms with Crippen molar-refractivity contribution in [3.63, 3.8) is 0 Å². The standard InChI is InChI=1S/C15H23NO4/c1-15(2,3)20-14(18)13(17)12(16)10-19-9-11-7-5-4-6-8-11/h4-8,12-13,17H,9-10,16H2,1-3H3/t12?,13-/m0/s1. The van der Waals surface area contributed by atoms with E-state index in [4.69, 9.17) is 15.2 Å². The van der Waals surface area contributed by atoms with Gasteiger partial charge in [-0.1, -0.05) is 30.3 Å². The van der Waals surface area contributed by atoms with Gasteiger partial charge in [-0.05, 0) is 26.3 Å². The van der Waals surface area contributed by atoms with Crippen molar-refractivity contribution in [2.75, 3.05) is 6.61 Å². The molecule has 0 aliphatic carbocycles. The molecule has 0 heterocycles. The molecule has 0 aliphatic rings. The number of ether oxygens (including phenoxy) is 2. The maximum atomic E-state index is 11.6. The summed E-state index contributed by atoms with van der Waals surface area (Å²) in [5.41, 5.74) is 6.08. The average molecular weight is 281 g/mol. The molecular weight excluding hydrogens is 258 g/mol. The Kier molecular flexibility index (Phi) is 6.13. The largest absolute Gasteiger partial charge is 0.458 e. The van der Waals surface area contributed by atoms with E-state index in [0.29, 0.717) is 6.61 Å². The monoisotopic (exact) mass is 281 g/mol. The molecule has 0 amide bonds. The highest BCUT2D eigenvalue weighted by Crippen LogP contribution is 2.10. The third-order valence-corrected chi connectivity index (χ3v) is 2.48. The van der Waals surface area contributed by atoms with Crippen molar-refractivity contribution in [2.24, 2.45) is 5.73 Å². The fourth-order valence-electron chi connectivity index (χ4n) is 1.52. The van der Waals surface area contributed by atoms with E-state index in [1.807, 2.05) is 30.3 Å². The van der Waals surface area contributed by atoms with Gasteiger partial charge in [-0.3, -0.25) is 0 Å². The highest BCUT2D eigenvalue weighted by atomic mass is 16.6. The Hall–Kier alpha value is -1.43. The Bertz CT molecular complexity index is 414. The fraction of sp³-hybridized carbons (Fsp3) is 0.533. The van der Waals surface area contributed by atoms with Gasteiger partial charge in [0.05, 0.1) is 19.3 Å². The zero-order valence-electron chi connectivity index (χ0n) is 12.2. The van der Waals surface area contributed by atoms with Gasteiger partial charge in [0.2, 0.25) is 0 Å². The number of esters is 1. The summed E-state index contributed by atoms with van der Waals surface area (Å²) in [6.45, 7) is 5.66. The van der Waals surface area contributed by atoms with Crippen LogP contribution in [0.5, 0.6) is 0 Å². The number of rotatable bonds is 6. The van der Waals surface area contributed by atoms with Crippen molar-refractivity contribution in [2.45, 2.75) is 45.1 Å². The predicted molar refractivity (Wildman–Crippen MR) is 75.9 cm³/mol. The topological polar surface area (TPSA) is 81.8 Å². The number of carbonyl (C=O) groups excluding carboxylic acids is 1. The van der Waals surface area contributed by atoms with Crippen LogP contribution in [-0.4, -0.2) is 35.4 Å². The molecule has 5 heteroatoms. The van der Waals surface area contributed by atoms with Crippen molar-refractivity contribution in [1.29, 1.82) is 0 Å². The molecule has 2 atom stereocenters. The van der Waals surface area contributed by atoms with Crippen LogP contribution in [0.1, 0.15) is 26.3 Å². The fourth-order valence-corrected chi connectivity index (χ4v) is 1.52. The van der Waals surface area contributed by atoms with E-state index in [1.165, 1.54) is 0 Å². The van der Waals surface area contributed by atoms with Crippen LogP contribution < -0.4 is 5.73 Å². The third-order valence-electron chi connectivity index (χ3n) is 2.48. The normalized spacial score (nSPS) is 14.7. The summed E-state index contributed by atoms with van der Waals surface area (Å²) in [6.07, 6.45) is -1.38. The second kappa shape index (κ2) is 7.38. The number of carbonyl (C=O) groups is 1. The van der Waals surface area contributed by atoms with Crippen LogP contribution in [0.25, 0.3) is 0 Å². The van der Waals surface area contributed by atoms with Gasteiger partial charge >= 0.3 is 5.97 Å². The molecule has 1 rings (SSSR count). The number of aliphatic hydroxyl groups excluding tert-OH is 1. The molecule has 0 aromatic heterocycles. The second-order valence-corrected chi connectivity index (χ2v) is 5.64. The van der Waals surface area contributed by atoms with Gasteiger partial charge in [-0.15, -0.1) is 0 Å². The summed E-state index contributed by atoms with van der Waals surface area (Å²) in [5, 5.41) is 9.77. The quantitative estimate of drug-likeness (QED) is 0.767. The van der Waals surface area contributed by atoms with Gasteiger partial charge in [0, 0.05) is 0 Å². The minimum Gasteiger partial charge on any atom is -0.458 e. The highest BCUT2D eigenvalue weighted by Gasteiger charge is 2.28. The lowest BCUT2D eigenvalue weighted by atomic mass is 10.1. The van der Waals surface area contributed by atoms with E-state index in [-0.39, 0.29) is 6.61 Å². The third kappa shape index (κ3) is 6.14. The molecule has 1 aromatic rings. The number of hydrogen-bond donors (Lipinski definition) is 2. The number of benzene rings is 1. The van der Waals surface area contributed by atoms with Crippen LogP contribution in [0.3, 0.4) is 0 Å². The number of nitrogens with two attached hydrogens (primary N) is 1. The Morgan fingerprint density at radius 3 is 2.45 bits per heavy atom. The molecule has 0 aliphatic heterocycles. The molecule has 0 saturated carbocycles. The van der Waals surface area contributed by atoms with Gasteiger partial charge in [-0.25, -0.2) is 4.79 Å². The average Bonchev–Trinajstić information content (AvgIpc) is 2.37. The minimum atomic E-state index is -1.38. The first-order chi connectivity index (χ1) is 9.29. The smallest absolute Gasteiger partial charge is 0.337 e. The highest BCUT2D eigenvalue weighted by molar-refractivity contribution is 5.75. The molecule has 0 bridgehead atoms. The van der Waals surface area contributed by atoms with Crippen molar-refractivity contribution in [3.05, 3.63) is 35.9 Å². The van der Waals surface area contributed by atoms with E-state index < -0.39 is 23.7 Å². The molecule has 20 heavy (non-hydrogen) atoms. The molecule has 0 saturated heterocycles. The summed E-state index contributed by atoms with van der Waals surface area (Å²) in [7, 11) is 0. The van der Waals surface area contributed by atoms with Crippen LogP contribution in [0, 0.1) is 0 Å². The van der Waals surface area contributed by atoms with E-state index >= 15 is 0 Å². The van der Waals surface area contributed by atoms with E-state index in [9.17, 15) is 9.90 Å². The molecule has 0 fully saturated rings. The SMILES string of the molecule is CC(C)(C)OC(=O)[C@@H](O)C(N)COCc1ccccc1. The first-order valence-corrected chi connectivity index (χ1v) is 6.58. The Labute approximate surface area is 119 Å². The van der Waals surface area contributed by atoms with Gasteiger partial charge in [0.1, 0.15) is 5.60 Å². The van der Waals surface area contributed by atoms with Crippen LogP contribution in [0.2, 0.25) is 0 Å². The van der Waals surface area contributed by atoms with Crippen LogP contribution in [0.4, 0.5) is 0 Å². The van der Waals surface area contributed by atoms with E-state index in [0.717, 1.165) is 5.56 Å². The molecule has 0 spiro atoms.